The third kappa shape index (κ3) is 7.95. The maximum absolute atomic E-state index is 12.6. The van der Waals surface area contributed by atoms with Crippen LogP contribution in [0, 0.1) is 0 Å². The van der Waals surface area contributed by atoms with Crippen LogP contribution in [0.1, 0.15) is 26.3 Å². The fraction of sp³-hybridized carbons (Fsp3) is 0.348. The third-order valence-corrected chi connectivity index (χ3v) is 4.19. The second-order valence-corrected chi connectivity index (χ2v) is 7.68. The molecular weight excluding hydrogens is 384 g/mol. The number of esters is 1. The summed E-state index contributed by atoms with van der Waals surface area (Å²) in [5.74, 6) is -0.896. The topological polar surface area (TPSA) is 84.9 Å². The van der Waals surface area contributed by atoms with Gasteiger partial charge in [0.15, 0.2) is 13.2 Å². The first-order valence-corrected chi connectivity index (χ1v) is 9.70. The van der Waals surface area contributed by atoms with Gasteiger partial charge in [0.05, 0.1) is 0 Å². The molecule has 0 saturated carbocycles. The molecule has 0 aromatic heterocycles. The maximum Gasteiger partial charge on any atom is 0.325 e. The lowest BCUT2D eigenvalue weighted by Gasteiger charge is -2.35. The van der Waals surface area contributed by atoms with Crippen molar-refractivity contribution in [3.05, 3.63) is 66.2 Å². The molecule has 0 atom stereocenters. The van der Waals surface area contributed by atoms with Gasteiger partial charge in [0.1, 0.15) is 12.3 Å². The summed E-state index contributed by atoms with van der Waals surface area (Å²) < 4.78 is 10.3. The Balaban J connectivity index is 1.76. The van der Waals surface area contributed by atoms with Crippen molar-refractivity contribution in [2.75, 3.05) is 19.8 Å². The molecule has 0 bridgehead atoms. The van der Waals surface area contributed by atoms with Crippen molar-refractivity contribution in [2.24, 2.45) is 0 Å². The van der Waals surface area contributed by atoms with Crippen LogP contribution in [0.4, 0.5) is 0 Å². The number of nitrogens with one attached hydrogen (secondary N) is 1. The lowest BCUT2D eigenvalue weighted by molar-refractivity contribution is -0.154. The zero-order chi connectivity index (χ0) is 22.0. The van der Waals surface area contributed by atoms with Crippen molar-refractivity contribution >= 4 is 17.8 Å². The molecular formula is C23H28N2O5. The van der Waals surface area contributed by atoms with Gasteiger partial charge in [-0.2, -0.15) is 0 Å². The van der Waals surface area contributed by atoms with E-state index in [1.165, 1.54) is 0 Å². The van der Waals surface area contributed by atoms with Gasteiger partial charge in [-0.1, -0.05) is 48.5 Å². The van der Waals surface area contributed by atoms with Gasteiger partial charge in [0, 0.05) is 12.1 Å². The molecule has 0 unspecified atom stereocenters. The molecule has 0 fully saturated rings. The number of rotatable bonds is 9. The Kier molecular flexibility index (Phi) is 8.41. The Hall–Kier alpha value is -3.35. The van der Waals surface area contributed by atoms with Gasteiger partial charge >= 0.3 is 5.97 Å². The van der Waals surface area contributed by atoms with Crippen LogP contribution in [0.5, 0.6) is 5.75 Å². The first kappa shape index (κ1) is 22.9. The third-order valence-electron chi connectivity index (χ3n) is 4.19. The fourth-order valence-corrected chi connectivity index (χ4v) is 2.62. The van der Waals surface area contributed by atoms with Crippen LogP contribution >= 0.6 is 0 Å². The highest BCUT2D eigenvalue weighted by atomic mass is 16.5. The maximum atomic E-state index is 12.6. The zero-order valence-electron chi connectivity index (χ0n) is 17.6. The van der Waals surface area contributed by atoms with Crippen molar-refractivity contribution < 1.29 is 23.9 Å². The Bertz CT molecular complexity index is 832. The number of carbonyl (C=O) groups excluding carboxylic acids is 3. The number of benzene rings is 2. The van der Waals surface area contributed by atoms with E-state index in [0.717, 1.165) is 5.56 Å². The van der Waals surface area contributed by atoms with Gasteiger partial charge in [-0.15, -0.1) is 0 Å². The summed E-state index contributed by atoms with van der Waals surface area (Å²) in [7, 11) is 0. The highest BCUT2D eigenvalue weighted by Crippen LogP contribution is 2.17. The van der Waals surface area contributed by atoms with Crippen LogP contribution in [0.25, 0.3) is 0 Å². The monoisotopic (exact) mass is 412 g/mol. The average Bonchev–Trinajstić information content (AvgIpc) is 2.73. The van der Waals surface area contributed by atoms with E-state index in [-0.39, 0.29) is 25.7 Å². The van der Waals surface area contributed by atoms with E-state index in [1.807, 2.05) is 57.2 Å². The molecule has 30 heavy (non-hydrogen) atoms. The largest absolute Gasteiger partial charge is 0.484 e. The first-order valence-electron chi connectivity index (χ1n) is 9.70. The van der Waals surface area contributed by atoms with E-state index in [2.05, 4.69) is 5.32 Å². The SMILES string of the molecule is CC(C)(C)N(Cc1ccccc1)C(=O)COC(=O)CNC(=O)COc1ccccc1. The summed E-state index contributed by atoms with van der Waals surface area (Å²) in [4.78, 5) is 38.0. The molecule has 0 radical (unpaired) electrons. The molecule has 1 N–H and O–H groups in total. The van der Waals surface area contributed by atoms with E-state index in [4.69, 9.17) is 9.47 Å². The molecule has 2 rings (SSSR count). The summed E-state index contributed by atoms with van der Waals surface area (Å²) in [6.45, 7) is 5.23. The molecule has 7 heteroatoms. The average molecular weight is 412 g/mol. The van der Waals surface area contributed by atoms with Gasteiger partial charge in [0.2, 0.25) is 0 Å². The van der Waals surface area contributed by atoms with Gasteiger partial charge in [-0.25, -0.2) is 0 Å². The standard InChI is InChI=1S/C23H28N2O5/c1-23(2,3)25(15-18-10-6-4-7-11-18)21(27)17-30-22(28)14-24-20(26)16-29-19-12-8-5-9-13-19/h4-13H,14-17H2,1-3H3,(H,24,26). The molecule has 2 amide bonds. The molecule has 0 aliphatic heterocycles. The molecule has 0 aliphatic carbocycles. The summed E-state index contributed by atoms with van der Waals surface area (Å²) in [6, 6.07) is 18.5. The number of nitrogens with zero attached hydrogens (tertiary/aromatic N) is 1. The molecule has 0 aliphatic rings. The minimum Gasteiger partial charge on any atom is -0.484 e. The van der Waals surface area contributed by atoms with Gasteiger partial charge in [0.25, 0.3) is 11.8 Å². The van der Waals surface area contributed by atoms with Crippen molar-refractivity contribution in [3.8, 4) is 5.75 Å². The minimum atomic E-state index is -0.690. The Morgan fingerprint density at radius 1 is 0.900 bits per heavy atom. The van der Waals surface area contributed by atoms with Gasteiger partial charge in [-0.3, -0.25) is 14.4 Å². The number of hydrogen-bond donors (Lipinski definition) is 1. The molecule has 7 nitrogen and oxygen atoms in total. The first-order chi connectivity index (χ1) is 14.3. The zero-order valence-corrected chi connectivity index (χ0v) is 17.6. The van der Waals surface area contributed by atoms with Gasteiger partial charge < -0.3 is 19.7 Å². The van der Waals surface area contributed by atoms with E-state index in [0.29, 0.717) is 12.3 Å². The lowest BCUT2D eigenvalue weighted by atomic mass is 10.0. The molecule has 2 aromatic carbocycles. The molecule has 160 valence electrons. The Labute approximate surface area is 177 Å². The second-order valence-electron chi connectivity index (χ2n) is 7.68. The quantitative estimate of drug-likeness (QED) is 0.640. The molecule has 0 saturated heterocycles. The van der Waals surface area contributed by atoms with E-state index >= 15 is 0 Å². The number of ether oxygens (including phenoxy) is 2. The van der Waals surface area contributed by atoms with Crippen LogP contribution in [0.3, 0.4) is 0 Å². The van der Waals surface area contributed by atoms with E-state index in [9.17, 15) is 14.4 Å². The van der Waals surface area contributed by atoms with Crippen LogP contribution in [0.15, 0.2) is 60.7 Å². The highest BCUT2D eigenvalue weighted by molar-refractivity contribution is 5.85. The summed E-state index contributed by atoms with van der Waals surface area (Å²) in [6.07, 6.45) is 0. The molecule has 2 aromatic rings. The van der Waals surface area contributed by atoms with E-state index < -0.39 is 17.4 Å². The van der Waals surface area contributed by atoms with Crippen LogP contribution in [0.2, 0.25) is 0 Å². The fourth-order valence-electron chi connectivity index (χ4n) is 2.62. The van der Waals surface area contributed by atoms with Gasteiger partial charge in [-0.05, 0) is 38.5 Å². The van der Waals surface area contributed by atoms with Crippen molar-refractivity contribution in [1.82, 2.24) is 10.2 Å². The van der Waals surface area contributed by atoms with Crippen LogP contribution < -0.4 is 10.1 Å². The van der Waals surface area contributed by atoms with Crippen molar-refractivity contribution in [3.63, 3.8) is 0 Å². The van der Waals surface area contributed by atoms with E-state index in [1.54, 1.807) is 29.2 Å². The molecule has 0 spiro atoms. The number of carbonyl (C=O) groups is 3. The predicted molar refractivity (Wildman–Crippen MR) is 113 cm³/mol. The highest BCUT2D eigenvalue weighted by Gasteiger charge is 2.27. The minimum absolute atomic E-state index is 0.217. The molecule has 0 heterocycles. The number of amides is 2. The smallest absolute Gasteiger partial charge is 0.325 e. The second kappa shape index (κ2) is 11.0. The lowest BCUT2D eigenvalue weighted by Crippen LogP contribution is -2.47. The summed E-state index contributed by atoms with van der Waals surface area (Å²) in [5.41, 5.74) is 0.542. The number of para-hydroxylation sites is 1. The number of hydrogen-bond acceptors (Lipinski definition) is 5. The summed E-state index contributed by atoms with van der Waals surface area (Å²) in [5, 5.41) is 2.41. The normalized spacial score (nSPS) is 10.8. The van der Waals surface area contributed by atoms with Crippen LogP contribution in [-0.4, -0.2) is 48.0 Å². The summed E-state index contributed by atoms with van der Waals surface area (Å²) >= 11 is 0. The Morgan fingerprint density at radius 3 is 2.10 bits per heavy atom. The van der Waals surface area contributed by atoms with Crippen molar-refractivity contribution in [1.29, 1.82) is 0 Å². The Morgan fingerprint density at radius 2 is 1.50 bits per heavy atom. The van der Waals surface area contributed by atoms with Crippen molar-refractivity contribution in [2.45, 2.75) is 32.9 Å². The predicted octanol–water partition coefficient (Wildman–Crippen LogP) is 2.55. The van der Waals surface area contributed by atoms with Crippen LogP contribution in [-0.2, 0) is 25.7 Å².